The van der Waals surface area contributed by atoms with E-state index in [4.69, 9.17) is 14.2 Å². The SMILES string of the molecule is COc1ccccc1C(=O)NCCNC(=O)c1c(OC)cccc1OC. The molecule has 2 rings (SSSR count). The van der Waals surface area contributed by atoms with E-state index in [2.05, 4.69) is 10.6 Å². The molecule has 7 heteroatoms. The number of amides is 2. The third kappa shape index (κ3) is 4.44. The zero-order valence-electron chi connectivity index (χ0n) is 15.0. The molecule has 0 saturated carbocycles. The molecule has 2 N–H and O–H groups in total. The molecule has 2 amide bonds. The molecule has 2 aromatic rings. The molecule has 0 saturated heterocycles. The highest BCUT2D eigenvalue weighted by atomic mass is 16.5. The Bertz CT molecular complexity index is 754. The third-order valence-electron chi connectivity index (χ3n) is 3.70. The van der Waals surface area contributed by atoms with Gasteiger partial charge >= 0.3 is 0 Å². The van der Waals surface area contributed by atoms with Gasteiger partial charge in [-0.2, -0.15) is 0 Å². The first-order valence-corrected chi connectivity index (χ1v) is 8.02. The van der Waals surface area contributed by atoms with Crippen molar-refractivity contribution in [3.63, 3.8) is 0 Å². The molecule has 0 unspecified atom stereocenters. The van der Waals surface area contributed by atoms with Gasteiger partial charge in [0, 0.05) is 13.1 Å². The highest BCUT2D eigenvalue weighted by molar-refractivity contribution is 6.00. The Morgan fingerprint density at radius 1 is 0.731 bits per heavy atom. The average Bonchev–Trinajstić information content (AvgIpc) is 2.69. The number of nitrogens with one attached hydrogen (secondary N) is 2. The van der Waals surface area contributed by atoms with E-state index in [1.54, 1.807) is 42.5 Å². The van der Waals surface area contributed by atoms with E-state index >= 15 is 0 Å². The first-order valence-electron chi connectivity index (χ1n) is 8.02. The normalized spacial score (nSPS) is 9.96. The Morgan fingerprint density at radius 3 is 1.81 bits per heavy atom. The summed E-state index contributed by atoms with van der Waals surface area (Å²) in [4.78, 5) is 24.6. The monoisotopic (exact) mass is 358 g/mol. The molecule has 0 atom stereocenters. The second-order valence-corrected chi connectivity index (χ2v) is 5.25. The van der Waals surface area contributed by atoms with Gasteiger partial charge in [-0.25, -0.2) is 0 Å². The van der Waals surface area contributed by atoms with Crippen molar-refractivity contribution in [1.82, 2.24) is 10.6 Å². The molecule has 0 radical (unpaired) electrons. The lowest BCUT2D eigenvalue weighted by molar-refractivity contribution is 0.0922. The van der Waals surface area contributed by atoms with Gasteiger partial charge in [0.2, 0.25) is 0 Å². The van der Waals surface area contributed by atoms with Crippen LogP contribution in [0.25, 0.3) is 0 Å². The number of carbonyl (C=O) groups is 2. The summed E-state index contributed by atoms with van der Waals surface area (Å²) >= 11 is 0. The van der Waals surface area contributed by atoms with Crippen LogP contribution in [0.15, 0.2) is 42.5 Å². The van der Waals surface area contributed by atoms with Gasteiger partial charge in [0.05, 0.1) is 26.9 Å². The Morgan fingerprint density at radius 2 is 1.23 bits per heavy atom. The summed E-state index contributed by atoms with van der Waals surface area (Å²) in [6.07, 6.45) is 0. The van der Waals surface area contributed by atoms with Crippen LogP contribution in [0, 0.1) is 0 Å². The van der Waals surface area contributed by atoms with Crippen LogP contribution in [0.5, 0.6) is 17.2 Å². The summed E-state index contributed by atoms with van der Waals surface area (Å²) in [6, 6.07) is 12.0. The number of benzene rings is 2. The van der Waals surface area contributed by atoms with Gasteiger partial charge in [0.25, 0.3) is 11.8 Å². The minimum absolute atomic E-state index is 0.251. The van der Waals surface area contributed by atoms with E-state index in [1.807, 2.05) is 0 Å². The highest BCUT2D eigenvalue weighted by Crippen LogP contribution is 2.27. The summed E-state index contributed by atoms with van der Waals surface area (Å²) in [6.45, 7) is 0.515. The molecule has 0 fully saturated rings. The molecular weight excluding hydrogens is 336 g/mol. The van der Waals surface area contributed by atoms with Crippen LogP contribution >= 0.6 is 0 Å². The molecule has 7 nitrogen and oxygen atoms in total. The van der Waals surface area contributed by atoms with Crippen molar-refractivity contribution in [2.75, 3.05) is 34.4 Å². The van der Waals surface area contributed by atoms with Crippen molar-refractivity contribution in [2.45, 2.75) is 0 Å². The van der Waals surface area contributed by atoms with E-state index in [9.17, 15) is 9.59 Å². The predicted octanol–water partition coefficient (Wildman–Crippen LogP) is 1.87. The first-order chi connectivity index (χ1) is 12.6. The van der Waals surface area contributed by atoms with Crippen LogP contribution in [-0.4, -0.2) is 46.2 Å². The molecule has 0 spiro atoms. The fraction of sp³-hybridized carbons (Fsp3) is 0.263. The van der Waals surface area contributed by atoms with Gasteiger partial charge in [-0.1, -0.05) is 18.2 Å². The standard InChI is InChI=1S/C19H22N2O5/c1-24-14-8-5-4-7-13(14)18(22)20-11-12-21-19(23)17-15(25-2)9-6-10-16(17)26-3/h4-10H,11-12H2,1-3H3,(H,20,22)(H,21,23). The quantitative estimate of drug-likeness (QED) is 0.704. The molecule has 0 aromatic heterocycles. The summed E-state index contributed by atoms with van der Waals surface area (Å²) in [5, 5.41) is 5.48. The largest absolute Gasteiger partial charge is 0.496 e. The number of rotatable bonds is 8. The van der Waals surface area contributed by atoms with Crippen molar-refractivity contribution in [3.8, 4) is 17.2 Å². The van der Waals surface area contributed by atoms with Crippen LogP contribution in [-0.2, 0) is 0 Å². The number of para-hydroxylation sites is 1. The van der Waals surface area contributed by atoms with Crippen molar-refractivity contribution < 1.29 is 23.8 Å². The van der Waals surface area contributed by atoms with Crippen LogP contribution in [0.4, 0.5) is 0 Å². The smallest absolute Gasteiger partial charge is 0.258 e. The highest BCUT2D eigenvalue weighted by Gasteiger charge is 2.18. The molecule has 0 bridgehead atoms. The van der Waals surface area contributed by atoms with Crippen molar-refractivity contribution in [1.29, 1.82) is 0 Å². The van der Waals surface area contributed by atoms with Gasteiger partial charge in [-0.3, -0.25) is 9.59 Å². The van der Waals surface area contributed by atoms with Crippen molar-refractivity contribution >= 4 is 11.8 Å². The molecule has 0 heterocycles. The number of hydrogen-bond acceptors (Lipinski definition) is 5. The number of ether oxygens (including phenoxy) is 3. The molecule has 138 valence electrons. The third-order valence-corrected chi connectivity index (χ3v) is 3.70. The lowest BCUT2D eigenvalue weighted by Crippen LogP contribution is -2.35. The van der Waals surface area contributed by atoms with E-state index in [0.29, 0.717) is 28.4 Å². The van der Waals surface area contributed by atoms with Gasteiger partial charge in [0.15, 0.2) is 0 Å². The van der Waals surface area contributed by atoms with Crippen LogP contribution < -0.4 is 24.8 Å². The summed E-state index contributed by atoms with van der Waals surface area (Å²) in [5.41, 5.74) is 0.751. The number of hydrogen-bond donors (Lipinski definition) is 2. The average molecular weight is 358 g/mol. The van der Waals surface area contributed by atoms with E-state index in [-0.39, 0.29) is 24.9 Å². The maximum absolute atomic E-state index is 12.4. The Labute approximate surface area is 152 Å². The maximum Gasteiger partial charge on any atom is 0.258 e. The zero-order valence-corrected chi connectivity index (χ0v) is 15.0. The zero-order chi connectivity index (χ0) is 18.9. The predicted molar refractivity (Wildman–Crippen MR) is 97.2 cm³/mol. The molecule has 0 aliphatic carbocycles. The van der Waals surface area contributed by atoms with Gasteiger partial charge in [-0.05, 0) is 24.3 Å². The minimum atomic E-state index is -0.342. The lowest BCUT2D eigenvalue weighted by Gasteiger charge is -2.13. The van der Waals surface area contributed by atoms with Crippen LogP contribution in [0.3, 0.4) is 0 Å². The Balaban J connectivity index is 1.92. The van der Waals surface area contributed by atoms with Gasteiger partial charge in [0.1, 0.15) is 22.8 Å². The van der Waals surface area contributed by atoms with Crippen molar-refractivity contribution in [3.05, 3.63) is 53.6 Å². The molecule has 26 heavy (non-hydrogen) atoms. The first kappa shape index (κ1) is 19.1. The molecule has 0 aliphatic heterocycles. The van der Waals surface area contributed by atoms with Gasteiger partial charge in [-0.15, -0.1) is 0 Å². The van der Waals surface area contributed by atoms with Crippen molar-refractivity contribution in [2.24, 2.45) is 0 Å². The second-order valence-electron chi connectivity index (χ2n) is 5.25. The molecule has 0 aliphatic rings. The maximum atomic E-state index is 12.4. The topological polar surface area (TPSA) is 85.9 Å². The van der Waals surface area contributed by atoms with E-state index in [1.165, 1.54) is 21.3 Å². The second kappa shape index (κ2) is 9.31. The fourth-order valence-electron chi connectivity index (χ4n) is 2.44. The van der Waals surface area contributed by atoms with E-state index in [0.717, 1.165) is 0 Å². The summed E-state index contributed by atoms with van der Waals surface area (Å²) in [7, 11) is 4.48. The summed E-state index contributed by atoms with van der Waals surface area (Å²) < 4.78 is 15.6. The molecular formula is C19H22N2O5. The molecule has 2 aromatic carbocycles. The Hall–Kier alpha value is -3.22. The Kier molecular flexibility index (Phi) is 6.84. The fourth-order valence-corrected chi connectivity index (χ4v) is 2.44. The summed E-state index contributed by atoms with van der Waals surface area (Å²) in [5.74, 6) is 0.713. The van der Waals surface area contributed by atoms with Crippen LogP contribution in [0.2, 0.25) is 0 Å². The minimum Gasteiger partial charge on any atom is -0.496 e. The number of methoxy groups -OCH3 is 3. The van der Waals surface area contributed by atoms with E-state index < -0.39 is 0 Å². The number of carbonyl (C=O) groups excluding carboxylic acids is 2. The lowest BCUT2D eigenvalue weighted by atomic mass is 10.1. The van der Waals surface area contributed by atoms with Gasteiger partial charge < -0.3 is 24.8 Å². The van der Waals surface area contributed by atoms with Crippen LogP contribution in [0.1, 0.15) is 20.7 Å².